The summed E-state index contributed by atoms with van der Waals surface area (Å²) in [6, 6.07) is 5.09. The van der Waals surface area contributed by atoms with Gasteiger partial charge in [-0.1, -0.05) is 26.0 Å². The number of fused-ring (bicyclic) bond motifs is 2. The maximum Gasteiger partial charge on any atom is 0.416 e. The minimum atomic E-state index is -4.36. The van der Waals surface area contributed by atoms with Gasteiger partial charge in [0.25, 0.3) is 0 Å². The van der Waals surface area contributed by atoms with Crippen LogP contribution < -0.4 is 0 Å². The Bertz CT molecular complexity index is 845. The van der Waals surface area contributed by atoms with Crippen LogP contribution in [-0.4, -0.2) is 24.0 Å². The molecular formula is C24H31F3O5. The van der Waals surface area contributed by atoms with Crippen LogP contribution in [0.4, 0.5) is 13.2 Å². The Kier molecular flexibility index (Phi) is 5.41. The predicted octanol–water partition coefficient (Wildman–Crippen LogP) is 5.99. The lowest BCUT2D eigenvalue weighted by Gasteiger charge is -2.60. The van der Waals surface area contributed by atoms with Gasteiger partial charge < -0.3 is 14.2 Å². The van der Waals surface area contributed by atoms with Crippen LogP contribution in [0.25, 0.3) is 0 Å². The number of rotatable bonds is 3. The van der Waals surface area contributed by atoms with Crippen LogP contribution in [0.2, 0.25) is 0 Å². The molecular weight excluding hydrogens is 425 g/mol. The van der Waals surface area contributed by atoms with Gasteiger partial charge in [-0.2, -0.15) is 13.2 Å². The SMILES string of the molecule is C[C@H]1[C@@H](O[C@H](C)c2ccc(C(F)(F)F)cc2)O[C@@H]2O[C@@]3(C)CC[C@H]4[C@H](C)CC[C@@H]1C24OO3. The second kappa shape index (κ2) is 7.67. The molecule has 2 bridgehead atoms. The zero-order valence-electron chi connectivity index (χ0n) is 18.9. The lowest BCUT2D eigenvalue weighted by Crippen LogP contribution is -2.70. The average Bonchev–Trinajstić information content (AvgIpc) is 2.97. The topological polar surface area (TPSA) is 46.2 Å². The molecule has 32 heavy (non-hydrogen) atoms. The Hall–Kier alpha value is -1.19. The first-order valence-electron chi connectivity index (χ1n) is 11.6. The zero-order chi connectivity index (χ0) is 22.9. The van der Waals surface area contributed by atoms with E-state index in [2.05, 4.69) is 13.8 Å². The molecule has 1 aromatic carbocycles. The van der Waals surface area contributed by atoms with Crippen molar-refractivity contribution in [2.75, 3.05) is 0 Å². The van der Waals surface area contributed by atoms with Gasteiger partial charge in [0.15, 0.2) is 18.2 Å². The molecule has 5 nitrogen and oxygen atoms in total. The molecule has 0 radical (unpaired) electrons. The molecule has 0 N–H and O–H groups in total. The third-order valence-electron chi connectivity index (χ3n) is 8.14. The molecule has 1 spiro atoms. The quantitative estimate of drug-likeness (QED) is 0.523. The Balaban J connectivity index is 1.38. The minimum absolute atomic E-state index is 0.00723. The highest BCUT2D eigenvalue weighted by atomic mass is 19.4. The highest BCUT2D eigenvalue weighted by molar-refractivity contribution is 5.26. The molecule has 6 rings (SSSR count). The van der Waals surface area contributed by atoms with Gasteiger partial charge in [-0.25, -0.2) is 9.78 Å². The van der Waals surface area contributed by atoms with Crippen molar-refractivity contribution < 1.29 is 37.2 Å². The van der Waals surface area contributed by atoms with Gasteiger partial charge in [0.05, 0.1) is 11.7 Å². The van der Waals surface area contributed by atoms with Gasteiger partial charge in [0.1, 0.15) is 0 Å². The second-order valence-electron chi connectivity index (χ2n) is 10.2. The largest absolute Gasteiger partial charge is 0.416 e. The number of ether oxygens (including phenoxy) is 3. The number of benzene rings is 1. The summed E-state index contributed by atoms with van der Waals surface area (Å²) < 4.78 is 57.7. The van der Waals surface area contributed by atoms with Crippen molar-refractivity contribution in [2.24, 2.45) is 23.7 Å². The zero-order valence-corrected chi connectivity index (χ0v) is 18.9. The lowest BCUT2D eigenvalue weighted by molar-refractivity contribution is -0.578. The third-order valence-corrected chi connectivity index (χ3v) is 8.14. The molecule has 1 aromatic rings. The van der Waals surface area contributed by atoms with Crippen LogP contribution in [0.15, 0.2) is 24.3 Å². The molecule has 4 heterocycles. The fourth-order valence-electron chi connectivity index (χ4n) is 6.25. The summed E-state index contributed by atoms with van der Waals surface area (Å²) in [4.78, 5) is 11.9. The van der Waals surface area contributed by atoms with E-state index in [9.17, 15) is 13.2 Å². The monoisotopic (exact) mass is 456 g/mol. The van der Waals surface area contributed by atoms with E-state index in [-0.39, 0.29) is 17.8 Å². The Morgan fingerprint density at radius 1 is 1.03 bits per heavy atom. The molecule has 1 saturated carbocycles. The van der Waals surface area contributed by atoms with Crippen LogP contribution in [0.1, 0.15) is 70.6 Å². The van der Waals surface area contributed by atoms with Gasteiger partial charge >= 0.3 is 6.18 Å². The summed E-state index contributed by atoms with van der Waals surface area (Å²) in [6.45, 7) is 8.06. The molecule has 1 unspecified atom stereocenters. The van der Waals surface area contributed by atoms with Gasteiger partial charge in [-0.3, -0.25) is 0 Å². The van der Waals surface area contributed by atoms with Crippen LogP contribution in [0.3, 0.4) is 0 Å². The highest BCUT2D eigenvalue weighted by Crippen LogP contribution is 2.60. The molecule has 0 aromatic heterocycles. The van der Waals surface area contributed by atoms with E-state index in [0.717, 1.165) is 37.8 Å². The average molecular weight is 457 g/mol. The van der Waals surface area contributed by atoms with E-state index in [1.165, 1.54) is 12.1 Å². The summed E-state index contributed by atoms with van der Waals surface area (Å²) in [7, 11) is 0. The normalized spacial score (nSPS) is 44.6. The summed E-state index contributed by atoms with van der Waals surface area (Å²) in [5.41, 5.74) is -0.669. The van der Waals surface area contributed by atoms with E-state index in [4.69, 9.17) is 24.0 Å². The first-order chi connectivity index (χ1) is 15.0. The highest BCUT2D eigenvalue weighted by Gasteiger charge is 2.69. The van der Waals surface area contributed by atoms with E-state index in [1.807, 2.05) is 13.8 Å². The van der Waals surface area contributed by atoms with Crippen molar-refractivity contribution in [1.29, 1.82) is 0 Å². The van der Waals surface area contributed by atoms with Crippen molar-refractivity contribution in [2.45, 2.75) is 89.6 Å². The number of alkyl halides is 3. The van der Waals surface area contributed by atoms with E-state index >= 15 is 0 Å². The van der Waals surface area contributed by atoms with Gasteiger partial charge in [0.2, 0.25) is 5.79 Å². The number of halogens is 3. The maximum atomic E-state index is 12.9. The number of hydrogen-bond donors (Lipinski definition) is 0. The first kappa shape index (κ1) is 22.6. The lowest BCUT2D eigenvalue weighted by atomic mass is 9.58. The van der Waals surface area contributed by atoms with Crippen molar-refractivity contribution in [3.05, 3.63) is 35.4 Å². The Morgan fingerprint density at radius 3 is 2.44 bits per heavy atom. The fourth-order valence-corrected chi connectivity index (χ4v) is 6.25. The van der Waals surface area contributed by atoms with Crippen molar-refractivity contribution in [3.63, 3.8) is 0 Å². The van der Waals surface area contributed by atoms with Gasteiger partial charge in [-0.15, -0.1) is 0 Å². The van der Waals surface area contributed by atoms with Crippen molar-refractivity contribution >= 4 is 0 Å². The van der Waals surface area contributed by atoms with E-state index in [0.29, 0.717) is 11.5 Å². The smallest absolute Gasteiger partial charge is 0.345 e. The third kappa shape index (κ3) is 3.50. The molecule has 8 heteroatoms. The molecule has 5 aliphatic rings. The summed E-state index contributed by atoms with van der Waals surface area (Å²) in [6.07, 6.45) is -2.23. The van der Waals surface area contributed by atoms with Crippen LogP contribution >= 0.6 is 0 Å². The fraction of sp³-hybridized carbons (Fsp3) is 0.750. The Morgan fingerprint density at radius 2 is 1.75 bits per heavy atom. The Labute approximate surface area is 186 Å². The van der Waals surface area contributed by atoms with Gasteiger partial charge in [-0.05, 0) is 62.6 Å². The van der Waals surface area contributed by atoms with E-state index < -0.39 is 41.8 Å². The predicted molar refractivity (Wildman–Crippen MR) is 108 cm³/mol. The number of hydrogen-bond acceptors (Lipinski definition) is 5. The first-order valence-corrected chi connectivity index (χ1v) is 11.6. The molecule has 5 fully saturated rings. The van der Waals surface area contributed by atoms with Crippen LogP contribution in [-0.2, 0) is 30.2 Å². The van der Waals surface area contributed by atoms with Gasteiger partial charge in [0, 0.05) is 18.3 Å². The summed E-state index contributed by atoms with van der Waals surface area (Å²) in [5.74, 6) is 0.0246. The second-order valence-corrected chi connectivity index (χ2v) is 10.2. The molecule has 4 aliphatic heterocycles. The van der Waals surface area contributed by atoms with Crippen LogP contribution in [0.5, 0.6) is 0 Å². The van der Waals surface area contributed by atoms with E-state index in [1.54, 1.807) is 0 Å². The maximum absolute atomic E-state index is 12.9. The minimum Gasteiger partial charge on any atom is -0.345 e. The van der Waals surface area contributed by atoms with Crippen LogP contribution in [0, 0.1) is 23.7 Å². The summed E-state index contributed by atoms with van der Waals surface area (Å²) >= 11 is 0. The molecule has 9 atom stereocenters. The molecule has 0 amide bonds. The molecule has 178 valence electrons. The van der Waals surface area contributed by atoms with Crippen molar-refractivity contribution in [3.8, 4) is 0 Å². The summed E-state index contributed by atoms with van der Waals surface area (Å²) in [5, 5.41) is 0. The van der Waals surface area contributed by atoms with Crippen molar-refractivity contribution in [1.82, 2.24) is 0 Å². The molecule has 4 saturated heterocycles. The molecule has 1 aliphatic carbocycles. The standard InChI is InChI=1S/C24H31F3O5/c1-13-5-10-19-14(2)20(28-15(3)16-6-8-17(9-7-16)24(25,26)27)29-21-23(19)18(13)11-12-22(4,30-21)31-32-23/h6-9,13-15,18-21H,5,10-12H2,1-4H3/t13-,14-,15-,18+,19+,20+,21-,22-,23?/m1/s1.